The van der Waals surface area contributed by atoms with E-state index in [1.807, 2.05) is 0 Å². The van der Waals surface area contributed by atoms with E-state index in [1.165, 1.54) is 6.92 Å². The van der Waals surface area contributed by atoms with Crippen LogP contribution in [-0.2, 0) is 19.0 Å². The van der Waals surface area contributed by atoms with Crippen LogP contribution < -0.4 is 5.32 Å². The van der Waals surface area contributed by atoms with Crippen molar-refractivity contribution in [2.24, 2.45) is 0 Å². The zero-order valence-electron chi connectivity index (χ0n) is 20.8. The number of Topliss-reactive ketones (excluding diaryl/α,β-unsaturated/α-hetero) is 1. The number of carbonyl (C=O) groups is 1. The number of rotatable bonds is 14. The highest BCUT2D eigenvalue weighted by molar-refractivity contribution is 5.81. The van der Waals surface area contributed by atoms with Crippen LogP contribution in [0.25, 0.3) is 0 Å². The second kappa shape index (κ2) is 14.4. The fourth-order valence-electron chi connectivity index (χ4n) is 4.57. The molecule has 0 aromatic carbocycles. The van der Waals surface area contributed by atoms with Gasteiger partial charge in [0.05, 0.1) is 19.3 Å². The predicted molar refractivity (Wildman–Crippen MR) is 123 cm³/mol. The molecule has 11 atom stereocenters. The Balaban J connectivity index is 2.17. The number of hydrogen-bond donors (Lipinski definition) is 9. The largest absolute Gasteiger partial charge is 0.394 e. The van der Waals surface area contributed by atoms with Crippen LogP contribution in [0.3, 0.4) is 0 Å². The molecule has 36 heavy (non-hydrogen) atoms. The van der Waals surface area contributed by atoms with Crippen molar-refractivity contribution < 1.29 is 59.9 Å². The molecule has 0 aliphatic carbocycles. The number of ketones is 1. The summed E-state index contributed by atoms with van der Waals surface area (Å²) in [6.45, 7) is 1.78. The summed E-state index contributed by atoms with van der Waals surface area (Å²) >= 11 is 0. The fourth-order valence-corrected chi connectivity index (χ4v) is 4.57. The average Bonchev–Trinajstić information content (AvgIpc) is 2.86. The van der Waals surface area contributed by atoms with Crippen molar-refractivity contribution in [2.45, 2.75) is 126 Å². The van der Waals surface area contributed by atoms with Crippen molar-refractivity contribution in [3.63, 3.8) is 0 Å². The first-order chi connectivity index (χ1) is 17.0. The number of aliphatic hydroxyl groups excluding tert-OH is 8. The third kappa shape index (κ3) is 7.40. The second-order valence-electron chi connectivity index (χ2n) is 9.65. The van der Waals surface area contributed by atoms with Gasteiger partial charge >= 0.3 is 0 Å². The first-order valence-electron chi connectivity index (χ1n) is 12.6. The summed E-state index contributed by atoms with van der Waals surface area (Å²) in [5.74, 6) is -0.293. The van der Waals surface area contributed by atoms with Gasteiger partial charge in [-0.1, -0.05) is 45.4 Å². The predicted octanol–water partition coefficient (Wildman–Crippen LogP) is -2.77. The summed E-state index contributed by atoms with van der Waals surface area (Å²) in [6, 6.07) is -0.855. The first-order valence-corrected chi connectivity index (χ1v) is 12.6. The summed E-state index contributed by atoms with van der Waals surface area (Å²) in [6.07, 6.45) is -9.49. The molecule has 9 N–H and O–H groups in total. The molecule has 2 rings (SSSR count). The van der Waals surface area contributed by atoms with Crippen LogP contribution in [0.2, 0.25) is 0 Å². The Morgan fingerprint density at radius 1 is 0.944 bits per heavy atom. The van der Waals surface area contributed by atoms with Gasteiger partial charge in [0.1, 0.15) is 48.5 Å². The molecule has 2 aliphatic rings. The minimum atomic E-state index is -2.13. The molecule has 0 amide bonds. The van der Waals surface area contributed by atoms with Gasteiger partial charge in [-0.05, 0) is 13.3 Å². The highest BCUT2D eigenvalue weighted by Crippen LogP contribution is 2.33. The lowest BCUT2D eigenvalue weighted by molar-refractivity contribution is -0.380. The van der Waals surface area contributed by atoms with Crippen LogP contribution in [-0.4, -0.2) is 127 Å². The lowest BCUT2D eigenvalue weighted by Crippen LogP contribution is -2.74. The van der Waals surface area contributed by atoms with Gasteiger partial charge in [0, 0.05) is 0 Å². The normalized spacial score (nSPS) is 40.2. The minimum Gasteiger partial charge on any atom is -0.394 e. The number of nitrogens with one attached hydrogen (secondary N) is 1. The maximum atomic E-state index is 12.3. The summed E-state index contributed by atoms with van der Waals surface area (Å²) in [5, 5.41) is 84.2. The van der Waals surface area contributed by atoms with E-state index in [2.05, 4.69) is 12.2 Å². The van der Waals surface area contributed by atoms with E-state index in [0.29, 0.717) is 12.8 Å². The summed E-state index contributed by atoms with van der Waals surface area (Å²) in [5.41, 5.74) is -2.13. The van der Waals surface area contributed by atoms with E-state index in [0.717, 1.165) is 32.1 Å². The number of aliphatic hydroxyl groups is 8. The molecule has 212 valence electrons. The van der Waals surface area contributed by atoms with Gasteiger partial charge in [-0.2, -0.15) is 0 Å². The van der Waals surface area contributed by atoms with Crippen molar-refractivity contribution in [1.82, 2.24) is 5.32 Å². The van der Waals surface area contributed by atoms with E-state index >= 15 is 0 Å². The average molecular weight is 526 g/mol. The van der Waals surface area contributed by atoms with E-state index in [1.54, 1.807) is 0 Å². The van der Waals surface area contributed by atoms with E-state index in [-0.39, 0.29) is 5.78 Å². The molecule has 0 saturated carbocycles. The van der Waals surface area contributed by atoms with E-state index < -0.39 is 80.3 Å². The Kier molecular flexibility index (Phi) is 12.5. The summed E-state index contributed by atoms with van der Waals surface area (Å²) in [7, 11) is 0. The molecule has 1 unspecified atom stereocenters. The monoisotopic (exact) mass is 525 g/mol. The molecule has 13 heteroatoms. The first kappa shape index (κ1) is 31.4. The van der Waals surface area contributed by atoms with Crippen LogP contribution in [0.4, 0.5) is 0 Å². The van der Waals surface area contributed by atoms with Crippen LogP contribution in [0.1, 0.15) is 58.8 Å². The molecule has 0 aromatic heterocycles. The van der Waals surface area contributed by atoms with Crippen LogP contribution in [0, 0.1) is 0 Å². The Labute approximate surface area is 210 Å². The van der Waals surface area contributed by atoms with Crippen molar-refractivity contribution in [3.8, 4) is 0 Å². The number of ether oxygens (including phenoxy) is 3. The lowest BCUT2D eigenvalue weighted by Gasteiger charge is -2.50. The summed E-state index contributed by atoms with van der Waals surface area (Å²) < 4.78 is 16.2. The van der Waals surface area contributed by atoms with Gasteiger partial charge < -0.3 is 55.1 Å². The van der Waals surface area contributed by atoms with E-state index in [4.69, 9.17) is 14.2 Å². The van der Waals surface area contributed by atoms with Crippen LogP contribution in [0.5, 0.6) is 0 Å². The topological polar surface area (TPSA) is 219 Å². The smallest absolute Gasteiger partial charge is 0.189 e. The molecule has 13 nitrogen and oxygen atoms in total. The van der Waals surface area contributed by atoms with Gasteiger partial charge in [-0.25, -0.2) is 0 Å². The molecule has 0 aromatic rings. The number of unbranched alkanes of at least 4 members (excludes halogenated alkanes) is 5. The quantitative estimate of drug-likeness (QED) is 0.105. The third-order valence-corrected chi connectivity index (χ3v) is 6.88. The molecular weight excluding hydrogens is 482 g/mol. The minimum absolute atomic E-state index is 0.293. The van der Waals surface area contributed by atoms with Crippen LogP contribution in [0.15, 0.2) is 0 Å². The second-order valence-corrected chi connectivity index (χ2v) is 9.65. The molecule has 2 fully saturated rings. The van der Waals surface area contributed by atoms with Gasteiger partial charge in [0.15, 0.2) is 18.3 Å². The van der Waals surface area contributed by atoms with Crippen LogP contribution >= 0.6 is 0 Å². The zero-order chi connectivity index (χ0) is 27.0. The van der Waals surface area contributed by atoms with Gasteiger partial charge in [-0.15, -0.1) is 0 Å². The van der Waals surface area contributed by atoms with E-state index in [9.17, 15) is 45.6 Å². The third-order valence-electron chi connectivity index (χ3n) is 6.88. The molecule has 2 aliphatic heterocycles. The van der Waals surface area contributed by atoms with Crippen molar-refractivity contribution in [3.05, 3.63) is 0 Å². The Morgan fingerprint density at radius 2 is 1.58 bits per heavy atom. The van der Waals surface area contributed by atoms with Gasteiger partial charge in [0.2, 0.25) is 0 Å². The fraction of sp³-hybridized carbons (Fsp3) is 0.957. The Morgan fingerprint density at radius 3 is 2.17 bits per heavy atom. The Bertz CT molecular complexity index is 669. The van der Waals surface area contributed by atoms with Crippen molar-refractivity contribution in [1.29, 1.82) is 0 Å². The zero-order valence-corrected chi connectivity index (χ0v) is 20.8. The van der Waals surface area contributed by atoms with Gasteiger partial charge in [-0.3, -0.25) is 10.1 Å². The maximum Gasteiger partial charge on any atom is 0.189 e. The Hall–Kier alpha value is -0.810. The van der Waals surface area contributed by atoms with Gasteiger partial charge in [0.25, 0.3) is 0 Å². The highest BCUT2D eigenvalue weighted by atomic mass is 16.7. The molecule has 2 saturated heterocycles. The standard InChI is InChI=1S/C23H43NO12/c1-3-4-5-6-7-8-9-13(12(2)27)24-23(11-26)20(32)16(29)18(31)22(36-23)35-19-14(10-25)34-21(33)17(30)15(19)28/h13-22,24-26,28-33H,3-11H2,1-2H3/t13?,14-,15-,16-,17-,18-,19-,20-,21-,22+,23-/m1/s1. The number of carbonyl (C=O) groups excluding carboxylic acids is 1. The number of hydrogen-bond acceptors (Lipinski definition) is 13. The summed E-state index contributed by atoms with van der Waals surface area (Å²) in [4.78, 5) is 12.3. The highest BCUT2D eigenvalue weighted by Gasteiger charge is 2.56. The SMILES string of the molecule is CCCCCCCCC(N[C@]1(CO)O[C@H](O[C@H]2[C@H](O)[C@@H](O)[C@H](O)O[C@@H]2CO)[C@H](O)[C@@H](O)[C@H]1O)C(C)=O. The maximum absolute atomic E-state index is 12.3. The molecule has 0 radical (unpaired) electrons. The van der Waals surface area contributed by atoms with Crippen molar-refractivity contribution >= 4 is 5.78 Å². The molecule has 0 bridgehead atoms. The van der Waals surface area contributed by atoms with Crippen molar-refractivity contribution in [2.75, 3.05) is 13.2 Å². The molecule has 0 spiro atoms. The molecular formula is C23H43NO12. The lowest BCUT2D eigenvalue weighted by atomic mass is 9.91. The molecule has 2 heterocycles.